The maximum Gasteiger partial charge on any atom is 0.329 e. The Morgan fingerprint density at radius 3 is 1.97 bits per heavy atom. The van der Waals surface area contributed by atoms with Gasteiger partial charge in [0.15, 0.2) is 0 Å². The van der Waals surface area contributed by atoms with Crippen LogP contribution in [0.25, 0.3) is 21.5 Å². The number of carbonyl (C=O) groups excluding carboxylic acids is 3. The summed E-state index contributed by atoms with van der Waals surface area (Å²) in [6.07, 6.45) is 1.53. The second-order valence-electron chi connectivity index (χ2n) is 8.39. The highest BCUT2D eigenvalue weighted by Crippen LogP contribution is 2.27. The van der Waals surface area contributed by atoms with Gasteiger partial charge in [0, 0.05) is 16.3 Å². The molecule has 38 heavy (non-hydrogen) atoms. The Morgan fingerprint density at radius 1 is 0.684 bits per heavy atom. The van der Waals surface area contributed by atoms with Gasteiger partial charge in [-0.15, -0.1) is 0 Å². The summed E-state index contributed by atoms with van der Waals surface area (Å²) in [5, 5.41) is 13.8. The van der Waals surface area contributed by atoms with Crippen LogP contribution < -0.4 is 16.1 Å². The van der Waals surface area contributed by atoms with Gasteiger partial charge in [0.05, 0.1) is 17.5 Å². The molecule has 0 aliphatic heterocycles. The SMILES string of the molecule is O=C(N/N=C/c1c2ccccc2cc2ccccc12)C(=O)Nc1ccccc1C(=O)Nc1ccc(Cl)cc1. The number of fused-ring (bicyclic) bond motifs is 2. The Hall–Kier alpha value is -5.01. The molecule has 0 aliphatic carbocycles. The van der Waals surface area contributed by atoms with Crippen molar-refractivity contribution >= 4 is 68.5 Å². The lowest BCUT2D eigenvalue weighted by atomic mass is 9.97. The number of para-hydroxylation sites is 1. The Bertz CT molecular complexity index is 1660. The number of nitrogens with one attached hydrogen (secondary N) is 3. The summed E-state index contributed by atoms with van der Waals surface area (Å²) in [4.78, 5) is 37.9. The van der Waals surface area contributed by atoms with E-state index in [-0.39, 0.29) is 11.3 Å². The molecule has 0 atom stereocenters. The molecule has 0 saturated heterocycles. The molecule has 5 rings (SSSR count). The van der Waals surface area contributed by atoms with E-state index in [1.54, 1.807) is 42.5 Å². The molecule has 0 spiro atoms. The average molecular weight is 521 g/mol. The van der Waals surface area contributed by atoms with Gasteiger partial charge in [-0.25, -0.2) is 5.43 Å². The van der Waals surface area contributed by atoms with Crippen LogP contribution in [0.5, 0.6) is 0 Å². The molecule has 0 fully saturated rings. The minimum Gasteiger partial charge on any atom is -0.322 e. The third-order valence-corrected chi connectivity index (χ3v) is 6.15. The van der Waals surface area contributed by atoms with Crippen molar-refractivity contribution in [3.63, 3.8) is 0 Å². The Balaban J connectivity index is 1.30. The number of hydrogen-bond acceptors (Lipinski definition) is 4. The van der Waals surface area contributed by atoms with Gasteiger partial charge < -0.3 is 10.6 Å². The lowest BCUT2D eigenvalue weighted by Crippen LogP contribution is -2.33. The fraction of sp³-hybridized carbons (Fsp3) is 0. The molecule has 0 unspecified atom stereocenters. The first kappa shape index (κ1) is 24.7. The summed E-state index contributed by atoms with van der Waals surface area (Å²) in [7, 11) is 0. The van der Waals surface area contributed by atoms with Crippen LogP contribution in [0.1, 0.15) is 15.9 Å². The normalized spacial score (nSPS) is 11.0. The van der Waals surface area contributed by atoms with Crippen LogP contribution in [-0.4, -0.2) is 23.9 Å². The van der Waals surface area contributed by atoms with Gasteiger partial charge in [-0.2, -0.15) is 5.10 Å². The predicted molar refractivity (Wildman–Crippen MR) is 152 cm³/mol. The zero-order valence-electron chi connectivity index (χ0n) is 19.9. The van der Waals surface area contributed by atoms with E-state index in [4.69, 9.17) is 11.6 Å². The summed E-state index contributed by atoms with van der Waals surface area (Å²) in [6, 6.07) is 30.8. The Kier molecular flexibility index (Phi) is 7.10. The molecule has 0 radical (unpaired) electrons. The van der Waals surface area contributed by atoms with Gasteiger partial charge >= 0.3 is 11.8 Å². The van der Waals surface area contributed by atoms with Crippen LogP contribution in [0.2, 0.25) is 5.02 Å². The summed E-state index contributed by atoms with van der Waals surface area (Å²) < 4.78 is 0. The molecule has 0 aliphatic rings. The molecule has 8 heteroatoms. The molecule has 186 valence electrons. The number of nitrogens with zero attached hydrogens (tertiary/aromatic N) is 1. The molecular formula is C30H21ClN4O3. The van der Waals surface area contributed by atoms with Crippen LogP contribution in [-0.2, 0) is 9.59 Å². The number of benzene rings is 5. The number of carbonyl (C=O) groups is 3. The van der Waals surface area contributed by atoms with Crippen LogP contribution in [0.4, 0.5) is 11.4 Å². The van der Waals surface area contributed by atoms with Gasteiger partial charge in [0.1, 0.15) is 0 Å². The fourth-order valence-corrected chi connectivity index (χ4v) is 4.22. The van der Waals surface area contributed by atoms with E-state index in [0.29, 0.717) is 10.7 Å². The Morgan fingerprint density at radius 2 is 1.29 bits per heavy atom. The fourth-order valence-electron chi connectivity index (χ4n) is 4.10. The van der Waals surface area contributed by atoms with E-state index in [9.17, 15) is 14.4 Å². The molecule has 5 aromatic carbocycles. The lowest BCUT2D eigenvalue weighted by molar-refractivity contribution is -0.136. The highest BCUT2D eigenvalue weighted by molar-refractivity contribution is 6.40. The van der Waals surface area contributed by atoms with Crippen LogP contribution in [0.3, 0.4) is 0 Å². The maximum atomic E-state index is 12.8. The molecule has 0 heterocycles. The van der Waals surface area contributed by atoms with Crippen molar-refractivity contribution in [2.45, 2.75) is 0 Å². The van der Waals surface area contributed by atoms with Crippen molar-refractivity contribution in [1.29, 1.82) is 0 Å². The summed E-state index contributed by atoms with van der Waals surface area (Å²) in [5.41, 5.74) is 4.01. The van der Waals surface area contributed by atoms with Gasteiger partial charge in [0.25, 0.3) is 5.91 Å². The highest BCUT2D eigenvalue weighted by atomic mass is 35.5. The van der Waals surface area contributed by atoms with Crippen molar-refractivity contribution in [2.24, 2.45) is 5.10 Å². The molecule has 7 nitrogen and oxygen atoms in total. The highest BCUT2D eigenvalue weighted by Gasteiger charge is 2.18. The first-order valence-electron chi connectivity index (χ1n) is 11.7. The number of anilines is 2. The van der Waals surface area contributed by atoms with E-state index in [1.165, 1.54) is 12.3 Å². The second kappa shape index (κ2) is 10.9. The van der Waals surface area contributed by atoms with Crippen molar-refractivity contribution in [1.82, 2.24) is 5.43 Å². The van der Waals surface area contributed by atoms with Crippen molar-refractivity contribution in [3.05, 3.63) is 119 Å². The zero-order valence-corrected chi connectivity index (χ0v) is 20.7. The Labute approximate surface area is 223 Å². The van der Waals surface area contributed by atoms with Gasteiger partial charge in [-0.1, -0.05) is 72.3 Å². The zero-order chi connectivity index (χ0) is 26.5. The van der Waals surface area contributed by atoms with Gasteiger partial charge in [0.2, 0.25) is 0 Å². The molecule has 3 amide bonds. The van der Waals surface area contributed by atoms with E-state index in [1.807, 2.05) is 48.5 Å². The summed E-state index contributed by atoms with van der Waals surface area (Å²) >= 11 is 5.89. The van der Waals surface area contributed by atoms with E-state index >= 15 is 0 Å². The molecule has 0 aromatic heterocycles. The maximum absolute atomic E-state index is 12.8. The molecule has 0 bridgehead atoms. The minimum absolute atomic E-state index is 0.183. The summed E-state index contributed by atoms with van der Waals surface area (Å²) in [6.45, 7) is 0. The molecule has 3 N–H and O–H groups in total. The van der Waals surface area contributed by atoms with Crippen molar-refractivity contribution < 1.29 is 14.4 Å². The number of hydrazone groups is 1. The number of rotatable bonds is 5. The minimum atomic E-state index is -0.973. The topological polar surface area (TPSA) is 99.7 Å². The van der Waals surface area contributed by atoms with E-state index < -0.39 is 17.7 Å². The monoisotopic (exact) mass is 520 g/mol. The predicted octanol–water partition coefficient (Wildman–Crippen LogP) is 5.99. The van der Waals surface area contributed by atoms with Crippen LogP contribution in [0.15, 0.2) is 108 Å². The first-order chi connectivity index (χ1) is 18.5. The largest absolute Gasteiger partial charge is 0.329 e. The molecular weight excluding hydrogens is 500 g/mol. The van der Waals surface area contributed by atoms with Crippen LogP contribution >= 0.6 is 11.6 Å². The average Bonchev–Trinajstić information content (AvgIpc) is 2.94. The second-order valence-corrected chi connectivity index (χ2v) is 8.83. The van der Waals surface area contributed by atoms with E-state index in [0.717, 1.165) is 27.1 Å². The summed E-state index contributed by atoms with van der Waals surface area (Å²) in [5.74, 6) is -2.39. The van der Waals surface area contributed by atoms with Crippen molar-refractivity contribution in [2.75, 3.05) is 10.6 Å². The lowest BCUT2D eigenvalue weighted by Gasteiger charge is -2.11. The molecule has 5 aromatic rings. The van der Waals surface area contributed by atoms with Gasteiger partial charge in [-0.05, 0) is 64.0 Å². The van der Waals surface area contributed by atoms with Crippen LogP contribution in [0, 0.1) is 0 Å². The third-order valence-electron chi connectivity index (χ3n) is 5.90. The first-order valence-corrected chi connectivity index (χ1v) is 12.1. The smallest absolute Gasteiger partial charge is 0.322 e. The quantitative estimate of drug-likeness (QED) is 0.115. The number of hydrogen-bond donors (Lipinski definition) is 3. The standard InChI is InChI=1S/C30H21ClN4O3/c31-21-13-15-22(16-14-21)33-28(36)25-11-5-6-12-27(25)34-29(37)30(38)35-32-18-26-23-9-3-1-7-19(23)17-20-8-2-4-10-24(20)26/h1-18H,(H,33,36)(H,34,37)(H,35,38)/b32-18+. The van der Waals surface area contributed by atoms with E-state index in [2.05, 4.69) is 27.2 Å². The third kappa shape index (κ3) is 5.38. The van der Waals surface area contributed by atoms with Crippen molar-refractivity contribution in [3.8, 4) is 0 Å². The van der Waals surface area contributed by atoms with Gasteiger partial charge in [-0.3, -0.25) is 14.4 Å². The molecule has 0 saturated carbocycles. The number of halogens is 1. The number of amides is 3.